The fraction of sp³-hybridized carbons (Fsp3) is 0.615. The summed E-state index contributed by atoms with van der Waals surface area (Å²) in [5, 5.41) is 24.1. The summed E-state index contributed by atoms with van der Waals surface area (Å²) >= 11 is 0. The van der Waals surface area contributed by atoms with Gasteiger partial charge in [0.15, 0.2) is 0 Å². The van der Waals surface area contributed by atoms with Gasteiger partial charge in [0.2, 0.25) is 0 Å². The van der Waals surface area contributed by atoms with E-state index < -0.39 is 29.8 Å². The summed E-state index contributed by atoms with van der Waals surface area (Å²) in [5.74, 6) is -4.17. The lowest BCUT2D eigenvalue weighted by atomic mass is 10.2. The molecule has 0 heterocycles. The summed E-state index contributed by atoms with van der Waals surface area (Å²) in [4.78, 5) is 50.9. The van der Waals surface area contributed by atoms with Crippen molar-refractivity contribution in [3.05, 3.63) is 0 Å². The molecule has 0 unspecified atom stereocenters. The number of hydrogen-bond donors (Lipinski definition) is 3. The van der Waals surface area contributed by atoms with Gasteiger partial charge in [-0.1, -0.05) is 6.92 Å². The van der Waals surface area contributed by atoms with E-state index in [1.54, 1.807) is 6.92 Å². The Bertz CT molecular complexity index is 386. The Hall–Kier alpha value is -2.45. The summed E-state index contributed by atoms with van der Waals surface area (Å²) in [7, 11) is 0. The number of rotatable bonds is 9. The Morgan fingerprint density at radius 2 is 1.09 bits per heavy atom. The van der Waals surface area contributed by atoms with Gasteiger partial charge in [-0.2, -0.15) is 0 Å². The summed E-state index contributed by atoms with van der Waals surface area (Å²) in [6.45, 7) is 1.60. The van der Waals surface area contributed by atoms with Gasteiger partial charge in [-0.25, -0.2) is 0 Å². The van der Waals surface area contributed by atoms with Crippen LogP contribution < -0.4 is 0 Å². The van der Waals surface area contributed by atoms with E-state index >= 15 is 0 Å². The fourth-order valence-corrected chi connectivity index (χ4v) is 1.01. The zero-order valence-electron chi connectivity index (χ0n) is 12.2. The molecule has 0 aromatic rings. The van der Waals surface area contributed by atoms with Crippen LogP contribution in [-0.4, -0.2) is 45.2 Å². The van der Waals surface area contributed by atoms with Gasteiger partial charge in [0.1, 0.15) is 0 Å². The van der Waals surface area contributed by atoms with Crippen LogP contribution in [0.3, 0.4) is 0 Å². The van der Waals surface area contributed by atoms with Crippen LogP contribution >= 0.6 is 0 Å². The van der Waals surface area contributed by atoms with Gasteiger partial charge in [0.05, 0.1) is 12.8 Å². The third-order valence-corrected chi connectivity index (χ3v) is 2.09. The van der Waals surface area contributed by atoms with Crippen molar-refractivity contribution in [2.75, 3.05) is 0 Å². The second-order valence-electron chi connectivity index (χ2n) is 4.09. The molecule has 0 fully saturated rings. The summed E-state index contributed by atoms with van der Waals surface area (Å²) in [5.41, 5.74) is 0. The number of unbranched alkanes of at least 4 members (excludes halogenated alkanes) is 1. The van der Waals surface area contributed by atoms with E-state index in [0.29, 0.717) is 12.8 Å². The van der Waals surface area contributed by atoms with Crippen LogP contribution in [-0.2, 0) is 28.7 Å². The van der Waals surface area contributed by atoms with Crippen LogP contribution in [0.15, 0.2) is 0 Å². The highest BCUT2D eigenvalue weighted by Gasteiger charge is 2.08. The third-order valence-electron chi connectivity index (χ3n) is 2.09. The van der Waals surface area contributed by atoms with Crippen molar-refractivity contribution in [3.63, 3.8) is 0 Å². The molecule has 9 heteroatoms. The van der Waals surface area contributed by atoms with E-state index in [4.69, 9.17) is 15.3 Å². The molecule has 0 aliphatic carbocycles. The highest BCUT2D eigenvalue weighted by Crippen LogP contribution is 2.01. The van der Waals surface area contributed by atoms with Gasteiger partial charge in [-0.3, -0.25) is 24.0 Å². The van der Waals surface area contributed by atoms with Gasteiger partial charge < -0.3 is 20.1 Å². The number of hydrogen-bond acceptors (Lipinski definition) is 6. The maximum Gasteiger partial charge on any atom is 0.313 e. The van der Waals surface area contributed by atoms with Gasteiger partial charge in [0.25, 0.3) is 0 Å². The second kappa shape index (κ2) is 13.5. The molecule has 0 atom stereocenters. The number of carboxylic acids is 3. The standard InChI is InChI=1S/C9H14O5.C4H6O4/c1-2-8(12)14-9(13)6-4-3-5-7(10)11;5-3(6)1-2-4(7)8/h2-6H2,1H3,(H,10,11);1-2H2,(H,5,6)(H,7,8). The lowest BCUT2D eigenvalue weighted by Crippen LogP contribution is -2.10. The first-order chi connectivity index (χ1) is 10.2. The van der Waals surface area contributed by atoms with Crippen molar-refractivity contribution >= 4 is 29.8 Å². The second-order valence-corrected chi connectivity index (χ2v) is 4.09. The Labute approximate surface area is 126 Å². The average molecular weight is 320 g/mol. The van der Waals surface area contributed by atoms with E-state index in [1.165, 1.54) is 0 Å². The minimum Gasteiger partial charge on any atom is -0.481 e. The number of carbonyl (C=O) groups is 5. The van der Waals surface area contributed by atoms with Gasteiger partial charge in [-0.05, 0) is 12.8 Å². The van der Waals surface area contributed by atoms with E-state index in [1.807, 2.05) is 0 Å². The highest BCUT2D eigenvalue weighted by molar-refractivity contribution is 5.85. The molecule has 0 bridgehead atoms. The van der Waals surface area contributed by atoms with Crippen molar-refractivity contribution in [1.29, 1.82) is 0 Å². The molecular formula is C13H20O9. The van der Waals surface area contributed by atoms with Crippen molar-refractivity contribution in [1.82, 2.24) is 0 Å². The lowest BCUT2D eigenvalue weighted by Gasteiger charge is -2.00. The van der Waals surface area contributed by atoms with E-state index in [0.717, 1.165) is 0 Å². The quantitative estimate of drug-likeness (QED) is 0.321. The molecule has 126 valence electrons. The SMILES string of the molecule is CCC(=O)OC(=O)CCCCC(=O)O.O=C(O)CCC(=O)O. The van der Waals surface area contributed by atoms with Gasteiger partial charge >= 0.3 is 29.8 Å². The smallest absolute Gasteiger partial charge is 0.313 e. The van der Waals surface area contributed by atoms with Crippen LogP contribution in [0.2, 0.25) is 0 Å². The number of esters is 2. The largest absolute Gasteiger partial charge is 0.481 e. The van der Waals surface area contributed by atoms with Gasteiger partial charge in [-0.15, -0.1) is 0 Å². The molecule has 3 N–H and O–H groups in total. The third kappa shape index (κ3) is 19.9. The molecule has 22 heavy (non-hydrogen) atoms. The van der Waals surface area contributed by atoms with Gasteiger partial charge in [0, 0.05) is 19.3 Å². The Morgan fingerprint density at radius 3 is 1.45 bits per heavy atom. The van der Waals surface area contributed by atoms with Crippen LogP contribution in [0.4, 0.5) is 0 Å². The highest BCUT2D eigenvalue weighted by atomic mass is 16.6. The Balaban J connectivity index is 0. The molecule has 0 aliphatic rings. The van der Waals surface area contributed by atoms with E-state index in [2.05, 4.69) is 4.74 Å². The normalized spacial score (nSPS) is 9.14. The molecule has 9 nitrogen and oxygen atoms in total. The lowest BCUT2D eigenvalue weighted by molar-refractivity contribution is -0.159. The van der Waals surface area contributed by atoms with Crippen molar-refractivity contribution in [3.8, 4) is 0 Å². The molecule has 0 aromatic carbocycles. The first-order valence-corrected chi connectivity index (χ1v) is 6.57. The molecule has 0 radical (unpaired) electrons. The number of ether oxygens (including phenoxy) is 1. The monoisotopic (exact) mass is 320 g/mol. The zero-order chi connectivity index (χ0) is 17.5. The molecule has 0 saturated heterocycles. The Morgan fingerprint density at radius 1 is 0.682 bits per heavy atom. The number of aliphatic carboxylic acids is 3. The summed E-state index contributed by atoms with van der Waals surface area (Å²) < 4.78 is 4.38. The number of carbonyl (C=O) groups excluding carboxylic acids is 2. The summed E-state index contributed by atoms with van der Waals surface area (Å²) in [6, 6.07) is 0. The molecule has 0 spiro atoms. The maximum absolute atomic E-state index is 10.9. The van der Waals surface area contributed by atoms with Crippen LogP contribution in [0.5, 0.6) is 0 Å². The van der Waals surface area contributed by atoms with Crippen LogP contribution in [0, 0.1) is 0 Å². The first kappa shape index (κ1) is 21.8. The van der Waals surface area contributed by atoms with Crippen molar-refractivity contribution in [2.24, 2.45) is 0 Å². The maximum atomic E-state index is 10.9. The average Bonchev–Trinajstić information content (AvgIpc) is 2.41. The first-order valence-electron chi connectivity index (χ1n) is 6.57. The topological polar surface area (TPSA) is 155 Å². The van der Waals surface area contributed by atoms with Crippen molar-refractivity contribution in [2.45, 2.75) is 51.9 Å². The molecule has 0 saturated carbocycles. The predicted octanol–water partition coefficient (Wildman–Crippen LogP) is 1.05. The van der Waals surface area contributed by atoms with Crippen LogP contribution in [0.25, 0.3) is 0 Å². The summed E-state index contributed by atoms with van der Waals surface area (Å²) in [6.07, 6.45) is 0.562. The van der Waals surface area contributed by atoms with Crippen LogP contribution in [0.1, 0.15) is 51.9 Å². The number of carboxylic acid groups (broad SMARTS) is 3. The van der Waals surface area contributed by atoms with Crippen molar-refractivity contribution < 1.29 is 44.0 Å². The zero-order valence-corrected chi connectivity index (χ0v) is 12.2. The molecule has 0 rings (SSSR count). The van der Waals surface area contributed by atoms with E-state index in [9.17, 15) is 24.0 Å². The fourth-order valence-electron chi connectivity index (χ4n) is 1.01. The molecule has 0 aliphatic heterocycles. The predicted molar refractivity (Wildman–Crippen MR) is 72.0 cm³/mol. The molecule has 0 aromatic heterocycles. The minimum atomic E-state index is -1.08. The molecule has 0 amide bonds. The minimum absolute atomic E-state index is 0.0367. The molecular weight excluding hydrogens is 300 g/mol. The Kier molecular flexibility index (Phi) is 13.4. The van der Waals surface area contributed by atoms with E-state index in [-0.39, 0.29) is 32.1 Å².